The number of hydrogen-bond acceptors (Lipinski definition) is 1. The van der Waals surface area contributed by atoms with Crippen molar-refractivity contribution in [3.8, 4) is 0 Å². The van der Waals surface area contributed by atoms with E-state index in [1.165, 1.54) is 22.0 Å². The van der Waals surface area contributed by atoms with Crippen LogP contribution in [0.5, 0.6) is 0 Å². The standard InChI is InChI=1S/C16H24N4/c1-4-9-18-16(17-3)19-10-8-13-11-20-15-12(2)6-5-7-14(13)15/h5-7,11,20H,4,8-10H2,1-3H3,(H2,17,18,19). The molecule has 0 bridgehead atoms. The summed E-state index contributed by atoms with van der Waals surface area (Å²) < 4.78 is 0. The van der Waals surface area contributed by atoms with Gasteiger partial charge in [-0.15, -0.1) is 0 Å². The van der Waals surface area contributed by atoms with Crippen molar-refractivity contribution in [2.45, 2.75) is 26.7 Å². The van der Waals surface area contributed by atoms with Crippen LogP contribution in [0, 0.1) is 6.92 Å². The molecule has 1 aromatic heterocycles. The lowest BCUT2D eigenvalue weighted by atomic mass is 10.1. The second-order valence-electron chi connectivity index (χ2n) is 4.99. The molecule has 0 spiro atoms. The van der Waals surface area contributed by atoms with Crippen LogP contribution in [0.3, 0.4) is 0 Å². The lowest BCUT2D eigenvalue weighted by molar-refractivity contribution is 0.775. The van der Waals surface area contributed by atoms with Crippen LogP contribution in [-0.4, -0.2) is 31.1 Å². The van der Waals surface area contributed by atoms with Crippen LogP contribution in [-0.2, 0) is 6.42 Å². The van der Waals surface area contributed by atoms with Crippen LogP contribution >= 0.6 is 0 Å². The summed E-state index contributed by atoms with van der Waals surface area (Å²) in [7, 11) is 1.81. The first-order valence-electron chi connectivity index (χ1n) is 7.26. The lowest BCUT2D eigenvalue weighted by Crippen LogP contribution is -2.38. The summed E-state index contributed by atoms with van der Waals surface area (Å²) >= 11 is 0. The molecule has 108 valence electrons. The van der Waals surface area contributed by atoms with Gasteiger partial charge in [0.05, 0.1) is 0 Å². The van der Waals surface area contributed by atoms with Crippen molar-refractivity contribution in [3.05, 3.63) is 35.5 Å². The van der Waals surface area contributed by atoms with Gasteiger partial charge in [0, 0.05) is 37.2 Å². The zero-order valence-corrected chi connectivity index (χ0v) is 12.6. The first-order valence-corrected chi connectivity index (χ1v) is 7.26. The number of nitrogens with zero attached hydrogens (tertiary/aromatic N) is 1. The second-order valence-corrected chi connectivity index (χ2v) is 4.99. The molecule has 0 saturated heterocycles. The number of H-pyrrole nitrogens is 1. The van der Waals surface area contributed by atoms with Gasteiger partial charge in [-0.25, -0.2) is 0 Å². The maximum Gasteiger partial charge on any atom is 0.190 e. The fourth-order valence-corrected chi connectivity index (χ4v) is 2.35. The molecule has 4 nitrogen and oxygen atoms in total. The van der Waals surface area contributed by atoms with Gasteiger partial charge < -0.3 is 15.6 Å². The summed E-state index contributed by atoms with van der Waals surface area (Å²) in [5.74, 6) is 0.878. The number of rotatable bonds is 5. The van der Waals surface area contributed by atoms with Crippen molar-refractivity contribution in [2.75, 3.05) is 20.1 Å². The van der Waals surface area contributed by atoms with Crippen molar-refractivity contribution in [1.82, 2.24) is 15.6 Å². The Bertz CT molecular complexity index is 583. The number of aromatic nitrogens is 1. The molecule has 0 aliphatic heterocycles. The Morgan fingerprint density at radius 2 is 2.05 bits per heavy atom. The van der Waals surface area contributed by atoms with Crippen LogP contribution in [0.1, 0.15) is 24.5 Å². The Labute approximate surface area is 120 Å². The second kappa shape index (κ2) is 6.98. The highest BCUT2D eigenvalue weighted by Crippen LogP contribution is 2.21. The molecular formula is C16H24N4. The maximum atomic E-state index is 4.21. The number of aliphatic imine (C=N–C) groups is 1. The summed E-state index contributed by atoms with van der Waals surface area (Å²) in [4.78, 5) is 7.58. The highest BCUT2D eigenvalue weighted by molar-refractivity contribution is 5.86. The van der Waals surface area contributed by atoms with E-state index in [2.05, 4.69) is 58.9 Å². The van der Waals surface area contributed by atoms with E-state index in [0.717, 1.165) is 31.9 Å². The Morgan fingerprint density at radius 1 is 1.25 bits per heavy atom. The summed E-state index contributed by atoms with van der Waals surface area (Å²) in [5.41, 5.74) is 3.89. The van der Waals surface area contributed by atoms with E-state index in [1.54, 1.807) is 7.05 Å². The van der Waals surface area contributed by atoms with Crippen molar-refractivity contribution in [2.24, 2.45) is 4.99 Å². The van der Waals surface area contributed by atoms with E-state index >= 15 is 0 Å². The topological polar surface area (TPSA) is 52.2 Å². The lowest BCUT2D eigenvalue weighted by Gasteiger charge is -2.10. The molecule has 1 heterocycles. The Balaban J connectivity index is 1.95. The van der Waals surface area contributed by atoms with Crippen LogP contribution in [0.4, 0.5) is 0 Å². The van der Waals surface area contributed by atoms with Gasteiger partial charge in [-0.2, -0.15) is 0 Å². The van der Waals surface area contributed by atoms with Gasteiger partial charge in [-0.1, -0.05) is 25.1 Å². The average molecular weight is 272 g/mol. The SMILES string of the molecule is CCCNC(=NC)NCCc1c[nH]c2c(C)cccc12. The van der Waals surface area contributed by atoms with Gasteiger partial charge >= 0.3 is 0 Å². The van der Waals surface area contributed by atoms with Gasteiger partial charge in [0.2, 0.25) is 0 Å². The number of nitrogens with one attached hydrogen (secondary N) is 3. The van der Waals surface area contributed by atoms with E-state index in [-0.39, 0.29) is 0 Å². The van der Waals surface area contributed by atoms with Crippen LogP contribution in [0.2, 0.25) is 0 Å². The summed E-state index contributed by atoms with van der Waals surface area (Å²) in [6.45, 7) is 6.11. The molecule has 0 aliphatic carbocycles. The molecule has 2 rings (SSSR count). The van der Waals surface area contributed by atoms with Gasteiger partial charge in [-0.05, 0) is 30.9 Å². The number of fused-ring (bicyclic) bond motifs is 1. The van der Waals surface area contributed by atoms with E-state index in [1.807, 2.05) is 0 Å². The van der Waals surface area contributed by atoms with Crippen molar-refractivity contribution in [1.29, 1.82) is 0 Å². The Kier molecular flexibility index (Phi) is 5.04. The minimum Gasteiger partial charge on any atom is -0.361 e. The van der Waals surface area contributed by atoms with Crippen LogP contribution in [0.25, 0.3) is 10.9 Å². The number of hydrogen-bond donors (Lipinski definition) is 3. The van der Waals surface area contributed by atoms with Gasteiger partial charge in [0.25, 0.3) is 0 Å². The highest BCUT2D eigenvalue weighted by Gasteiger charge is 2.05. The quantitative estimate of drug-likeness (QED) is 0.579. The third kappa shape index (κ3) is 3.32. The predicted molar refractivity (Wildman–Crippen MR) is 86.4 cm³/mol. The molecule has 0 saturated carbocycles. The minimum atomic E-state index is 0.878. The van der Waals surface area contributed by atoms with Gasteiger partial charge in [0.15, 0.2) is 5.96 Å². The number of guanidine groups is 1. The third-order valence-electron chi connectivity index (χ3n) is 3.46. The first-order chi connectivity index (χ1) is 9.76. The monoisotopic (exact) mass is 272 g/mol. The Morgan fingerprint density at radius 3 is 2.80 bits per heavy atom. The molecule has 0 unspecified atom stereocenters. The fraction of sp³-hybridized carbons (Fsp3) is 0.438. The normalized spacial score (nSPS) is 11.8. The minimum absolute atomic E-state index is 0.878. The van der Waals surface area contributed by atoms with E-state index in [4.69, 9.17) is 0 Å². The zero-order valence-electron chi connectivity index (χ0n) is 12.6. The summed E-state index contributed by atoms with van der Waals surface area (Å²) in [5, 5.41) is 7.95. The van der Waals surface area contributed by atoms with Crippen molar-refractivity contribution >= 4 is 16.9 Å². The van der Waals surface area contributed by atoms with Gasteiger partial charge in [0.1, 0.15) is 0 Å². The van der Waals surface area contributed by atoms with Crippen LogP contribution in [0.15, 0.2) is 29.4 Å². The number of aromatic amines is 1. The predicted octanol–water partition coefficient (Wildman–Crippen LogP) is 2.59. The maximum absolute atomic E-state index is 4.21. The number of para-hydroxylation sites is 1. The highest BCUT2D eigenvalue weighted by atomic mass is 15.2. The molecule has 0 atom stereocenters. The van der Waals surface area contributed by atoms with E-state index in [0.29, 0.717) is 0 Å². The first kappa shape index (κ1) is 14.4. The molecule has 20 heavy (non-hydrogen) atoms. The van der Waals surface area contributed by atoms with E-state index < -0.39 is 0 Å². The van der Waals surface area contributed by atoms with E-state index in [9.17, 15) is 0 Å². The molecular weight excluding hydrogens is 248 g/mol. The average Bonchev–Trinajstić information content (AvgIpc) is 2.87. The van der Waals surface area contributed by atoms with Crippen molar-refractivity contribution < 1.29 is 0 Å². The summed E-state index contributed by atoms with van der Waals surface area (Å²) in [6.07, 6.45) is 4.19. The van der Waals surface area contributed by atoms with Crippen molar-refractivity contribution in [3.63, 3.8) is 0 Å². The molecule has 0 fully saturated rings. The molecule has 4 heteroatoms. The van der Waals surface area contributed by atoms with Gasteiger partial charge in [-0.3, -0.25) is 4.99 Å². The molecule has 0 amide bonds. The largest absolute Gasteiger partial charge is 0.361 e. The molecule has 3 N–H and O–H groups in total. The molecule has 1 aromatic carbocycles. The molecule has 2 aromatic rings. The molecule has 0 aliphatic rings. The fourth-order valence-electron chi connectivity index (χ4n) is 2.35. The zero-order chi connectivity index (χ0) is 14.4. The van der Waals surface area contributed by atoms with Crippen LogP contribution < -0.4 is 10.6 Å². The Hall–Kier alpha value is -1.97. The third-order valence-corrected chi connectivity index (χ3v) is 3.46. The number of benzene rings is 1. The summed E-state index contributed by atoms with van der Waals surface area (Å²) in [6, 6.07) is 6.43. The molecule has 0 radical (unpaired) electrons. The smallest absolute Gasteiger partial charge is 0.190 e. The number of aryl methyl sites for hydroxylation is 1.